The van der Waals surface area contributed by atoms with Crippen LogP contribution in [0.25, 0.3) is 0 Å². The summed E-state index contributed by atoms with van der Waals surface area (Å²) < 4.78 is 13.8. The molecule has 0 heterocycles. The number of hydrogen-bond donors (Lipinski definition) is 2. The Balaban J connectivity index is 3.22. The van der Waals surface area contributed by atoms with E-state index in [9.17, 15) is 19.3 Å². The van der Waals surface area contributed by atoms with Crippen LogP contribution in [-0.2, 0) is 0 Å². The molecule has 0 aliphatic rings. The van der Waals surface area contributed by atoms with Gasteiger partial charge in [0.25, 0.3) is 5.69 Å². The number of anilines is 1. The van der Waals surface area contributed by atoms with Crippen LogP contribution in [0.4, 0.5) is 15.8 Å². The van der Waals surface area contributed by atoms with Crippen molar-refractivity contribution in [2.75, 3.05) is 5.32 Å². The Morgan fingerprint density at radius 2 is 2.30 bits per heavy atom. The molecule has 1 rings (SSSR count). The van der Waals surface area contributed by atoms with Crippen LogP contribution in [0.1, 0.15) is 30.1 Å². The Hall–Kier alpha value is -2.62. The van der Waals surface area contributed by atoms with Crippen molar-refractivity contribution >= 4 is 17.3 Å². The lowest BCUT2D eigenvalue weighted by Gasteiger charge is -2.16. The van der Waals surface area contributed by atoms with E-state index < -0.39 is 28.0 Å². The number of nitrogens with zero attached hydrogens (tertiary/aromatic N) is 1. The van der Waals surface area contributed by atoms with Gasteiger partial charge in [-0.05, 0) is 12.5 Å². The second kappa shape index (κ2) is 6.52. The summed E-state index contributed by atoms with van der Waals surface area (Å²) in [6, 6.07) is 1.26. The molecule has 1 atom stereocenters. The van der Waals surface area contributed by atoms with Crippen molar-refractivity contribution in [2.24, 2.45) is 0 Å². The molecular formula is C13H13FN2O4. The third-order valence-corrected chi connectivity index (χ3v) is 2.73. The lowest BCUT2D eigenvalue weighted by molar-refractivity contribution is -0.385. The number of aromatic carboxylic acids is 1. The summed E-state index contributed by atoms with van der Waals surface area (Å²) in [6.07, 6.45) is 6.10. The molecule has 106 valence electrons. The summed E-state index contributed by atoms with van der Waals surface area (Å²) in [5, 5.41) is 22.4. The fraction of sp³-hybridized carbons (Fsp3) is 0.308. The SMILES string of the molecule is C#CCC(CC)Nc1cc(C(=O)O)c([N+](=O)[O-])cc1F. The van der Waals surface area contributed by atoms with Crippen LogP contribution >= 0.6 is 0 Å². The highest BCUT2D eigenvalue weighted by Gasteiger charge is 2.23. The van der Waals surface area contributed by atoms with Gasteiger partial charge in [-0.3, -0.25) is 10.1 Å². The van der Waals surface area contributed by atoms with Crippen molar-refractivity contribution in [1.29, 1.82) is 0 Å². The lowest BCUT2D eigenvalue weighted by Crippen LogP contribution is -2.19. The molecule has 0 aliphatic heterocycles. The van der Waals surface area contributed by atoms with Gasteiger partial charge in [0.15, 0.2) is 5.82 Å². The first-order valence-corrected chi connectivity index (χ1v) is 5.81. The highest BCUT2D eigenvalue weighted by atomic mass is 19.1. The standard InChI is InChI=1S/C13H13FN2O4/c1-3-5-8(4-2)15-11-6-9(13(17)18)12(16(19)20)7-10(11)14/h1,6-8,15H,4-5H2,2H3,(H,17,18). The Morgan fingerprint density at radius 1 is 1.65 bits per heavy atom. The van der Waals surface area contributed by atoms with E-state index in [1.54, 1.807) is 0 Å². The fourth-order valence-corrected chi connectivity index (χ4v) is 1.66. The number of carboxylic acid groups (broad SMARTS) is 1. The van der Waals surface area contributed by atoms with E-state index in [2.05, 4.69) is 11.2 Å². The summed E-state index contributed by atoms with van der Waals surface area (Å²) in [6.45, 7) is 1.83. The highest BCUT2D eigenvalue weighted by molar-refractivity contribution is 5.93. The van der Waals surface area contributed by atoms with Gasteiger partial charge in [0.2, 0.25) is 0 Å². The molecule has 1 aromatic rings. The molecule has 1 aromatic carbocycles. The number of nitro benzene ring substituents is 1. The Bertz CT molecular complexity index is 580. The minimum atomic E-state index is -1.50. The van der Waals surface area contributed by atoms with Crippen LogP contribution in [0.2, 0.25) is 0 Å². The van der Waals surface area contributed by atoms with Crippen LogP contribution in [-0.4, -0.2) is 22.0 Å². The predicted octanol–water partition coefficient (Wildman–Crippen LogP) is 2.65. The van der Waals surface area contributed by atoms with E-state index in [-0.39, 0.29) is 11.7 Å². The lowest BCUT2D eigenvalue weighted by atomic mass is 10.1. The van der Waals surface area contributed by atoms with Crippen LogP contribution in [0, 0.1) is 28.3 Å². The molecule has 6 nitrogen and oxygen atoms in total. The summed E-state index contributed by atoms with van der Waals surface area (Å²) in [7, 11) is 0. The molecule has 0 spiro atoms. The number of halogens is 1. The predicted molar refractivity (Wildman–Crippen MR) is 71.2 cm³/mol. The summed E-state index contributed by atoms with van der Waals surface area (Å²) >= 11 is 0. The van der Waals surface area contributed by atoms with Gasteiger partial charge in [-0.1, -0.05) is 6.92 Å². The third kappa shape index (κ3) is 3.45. The fourth-order valence-electron chi connectivity index (χ4n) is 1.66. The smallest absolute Gasteiger partial charge is 0.342 e. The maximum absolute atomic E-state index is 13.8. The van der Waals surface area contributed by atoms with Crippen LogP contribution < -0.4 is 5.32 Å². The number of benzene rings is 1. The topological polar surface area (TPSA) is 92.5 Å². The zero-order valence-electron chi connectivity index (χ0n) is 10.7. The van der Waals surface area contributed by atoms with E-state index in [4.69, 9.17) is 11.5 Å². The summed E-state index contributed by atoms with van der Waals surface area (Å²) in [4.78, 5) is 20.7. The number of carboxylic acids is 1. The van der Waals surface area contributed by atoms with Gasteiger partial charge < -0.3 is 10.4 Å². The van der Waals surface area contributed by atoms with Crippen molar-refractivity contribution < 1.29 is 19.2 Å². The largest absolute Gasteiger partial charge is 0.477 e. The average Bonchev–Trinajstić information content (AvgIpc) is 2.39. The van der Waals surface area contributed by atoms with Crippen molar-refractivity contribution in [3.63, 3.8) is 0 Å². The van der Waals surface area contributed by atoms with Gasteiger partial charge in [0.1, 0.15) is 5.56 Å². The minimum Gasteiger partial charge on any atom is -0.477 e. The number of hydrogen-bond acceptors (Lipinski definition) is 4. The first-order valence-electron chi connectivity index (χ1n) is 5.81. The molecule has 0 bridgehead atoms. The molecule has 1 unspecified atom stereocenters. The molecule has 20 heavy (non-hydrogen) atoms. The summed E-state index contributed by atoms with van der Waals surface area (Å²) in [5.74, 6) is 0.0288. The first-order chi connectivity index (χ1) is 9.40. The van der Waals surface area contributed by atoms with Crippen LogP contribution in [0.15, 0.2) is 12.1 Å². The average molecular weight is 280 g/mol. The number of rotatable bonds is 6. The maximum atomic E-state index is 13.8. The molecule has 0 aliphatic carbocycles. The number of nitrogens with one attached hydrogen (secondary N) is 1. The molecule has 0 fully saturated rings. The zero-order valence-corrected chi connectivity index (χ0v) is 10.7. The first kappa shape index (κ1) is 15.4. The molecule has 2 N–H and O–H groups in total. The number of nitro groups is 1. The zero-order chi connectivity index (χ0) is 15.3. The van der Waals surface area contributed by atoms with E-state index in [1.165, 1.54) is 0 Å². The van der Waals surface area contributed by atoms with Gasteiger partial charge in [0.05, 0.1) is 16.7 Å². The van der Waals surface area contributed by atoms with Crippen molar-refractivity contribution in [3.05, 3.63) is 33.6 Å². The van der Waals surface area contributed by atoms with Crippen molar-refractivity contribution in [3.8, 4) is 12.3 Å². The Labute approximate surface area is 114 Å². The molecule has 0 saturated carbocycles. The number of carbonyl (C=O) groups is 1. The van der Waals surface area contributed by atoms with Crippen LogP contribution in [0.3, 0.4) is 0 Å². The third-order valence-electron chi connectivity index (χ3n) is 2.73. The van der Waals surface area contributed by atoms with Gasteiger partial charge in [-0.25, -0.2) is 9.18 Å². The number of terminal acetylenes is 1. The normalized spacial score (nSPS) is 11.4. The van der Waals surface area contributed by atoms with Gasteiger partial charge >= 0.3 is 5.97 Å². The van der Waals surface area contributed by atoms with Crippen molar-refractivity contribution in [2.45, 2.75) is 25.8 Å². The van der Waals surface area contributed by atoms with Gasteiger partial charge in [-0.2, -0.15) is 0 Å². The quantitative estimate of drug-likeness (QED) is 0.474. The van der Waals surface area contributed by atoms with E-state index in [0.717, 1.165) is 6.07 Å². The second-order valence-corrected chi connectivity index (χ2v) is 4.07. The van der Waals surface area contributed by atoms with Gasteiger partial charge in [-0.15, -0.1) is 12.3 Å². The highest BCUT2D eigenvalue weighted by Crippen LogP contribution is 2.27. The molecular weight excluding hydrogens is 267 g/mol. The molecule has 0 amide bonds. The van der Waals surface area contributed by atoms with E-state index in [0.29, 0.717) is 18.9 Å². The Morgan fingerprint density at radius 3 is 2.75 bits per heavy atom. The monoisotopic (exact) mass is 280 g/mol. The molecule has 0 saturated heterocycles. The van der Waals surface area contributed by atoms with E-state index in [1.807, 2.05) is 6.92 Å². The Kier molecular flexibility index (Phi) is 5.03. The second-order valence-electron chi connectivity index (χ2n) is 4.07. The molecule has 0 radical (unpaired) electrons. The molecule has 0 aromatic heterocycles. The van der Waals surface area contributed by atoms with Crippen LogP contribution in [0.5, 0.6) is 0 Å². The summed E-state index contributed by atoms with van der Waals surface area (Å²) in [5.41, 5.74) is -1.48. The van der Waals surface area contributed by atoms with E-state index >= 15 is 0 Å². The van der Waals surface area contributed by atoms with Gasteiger partial charge in [0, 0.05) is 12.5 Å². The minimum absolute atomic E-state index is 0.116. The van der Waals surface area contributed by atoms with Crippen molar-refractivity contribution in [1.82, 2.24) is 0 Å². The maximum Gasteiger partial charge on any atom is 0.342 e. The molecule has 7 heteroatoms.